The summed E-state index contributed by atoms with van der Waals surface area (Å²) in [5.74, 6) is -0.0412. The topological polar surface area (TPSA) is 66.0 Å². The van der Waals surface area contributed by atoms with Crippen LogP contribution in [0.1, 0.15) is 37.7 Å². The molecule has 1 amide bonds. The van der Waals surface area contributed by atoms with Crippen LogP contribution >= 0.6 is 0 Å². The molecular formula is C14H23ClN2O2. The Labute approximate surface area is 121 Å². The standard InChI is InChI=1S/C14H22N2O2.ClH/c15-11-7-2-1-6-10-14(17)16-18-12-13-8-4-3-5-9-13;/h3-5,8-9H,1-2,6-7,10-12,15H2,(H,16,17);1H. The molecule has 0 saturated carbocycles. The first-order chi connectivity index (χ1) is 8.83. The number of unbranched alkanes of at least 4 members (excludes halogenated alkanes) is 3. The smallest absolute Gasteiger partial charge is 0.243 e. The van der Waals surface area contributed by atoms with Crippen LogP contribution in [-0.4, -0.2) is 12.5 Å². The molecule has 0 aliphatic rings. The Hall–Kier alpha value is -1.10. The maximum atomic E-state index is 11.4. The van der Waals surface area contributed by atoms with Crippen LogP contribution in [-0.2, 0) is 16.2 Å². The van der Waals surface area contributed by atoms with E-state index < -0.39 is 0 Å². The number of halogens is 1. The summed E-state index contributed by atoms with van der Waals surface area (Å²) in [5.41, 5.74) is 7.31. The third kappa shape index (κ3) is 9.47. The summed E-state index contributed by atoms with van der Waals surface area (Å²) in [4.78, 5) is 16.6. The van der Waals surface area contributed by atoms with Crippen LogP contribution in [0.3, 0.4) is 0 Å². The lowest BCUT2D eigenvalue weighted by Gasteiger charge is -2.05. The maximum absolute atomic E-state index is 11.4. The Bertz CT molecular complexity index is 333. The number of carbonyl (C=O) groups is 1. The number of benzene rings is 1. The predicted molar refractivity (Wildman–Crippen MR) is 70.2 cm³/mol. The zero-order chi connectivity index (χ0) is 13.1. The molecule has 0 atom stereocenters. The molecule has 108 valence electrons. The van der Waals surface area contributed by atoms with Crippen molar-refractivity contribution in [2.75, 3.05) is 6.54 Å². The molecule has 5 heteroatoms. The Morgan fingerprint density at radius 3 is 2.47 bits per heavy atom. The Kier molecular flexibility index (Phi) is 11.3. The van der Waals surface area contributed by atoms with Gasteiger partial charge in [0.05, 0.1) is 13.2 Å². The first kappa shape index (κ1) is 17.9. The van der Waals surface area contributed by atoms with Crippen LogP contribution in [0.5, 0.6) is 0 Å². The van der Waals surface area contributed by atoms with Gasteiger partial charge < -0.3 is 18.1 Å². The van der Waals surface area contributed by atoms with Crippen molar-refractivity contribution in [3.05, 3.63) is 35.9 Å². The van der Waals surface area contributed by atoms with Gasteiger partial charge in [-0.05, 0) is 24.8 Å². The van der Waals surface area contributed by atoms with Crippen molar-refractivity contribution in [2.24, 2.45) is 0 Å². The van der Waals surface area contributed by atoms with E-state index >= 15 is 0 Å². The van der Waals surface area contributed by atoms with Crippen molar-refractivity contribution in [1.29, 1.82) is 0 Å². The van der Waals surface area contributed by atoms with Gasteiger partial charge in [-0.3, -0.25) is 9.63 Å². The lowest BCUT2D eigenvalue weighted by atomic mass is 10.1. The Morgan fingerprint density at radius 2 is 1.79 bits per heavy atom. The normalized spacial score (nSPS) is 9.74. The average molecular weight is 287 g/mol. The average Bonchev–Trinajstić information content (AvgIpc) is 2.40. The summed E-state index contributed by atoms with van der Waals surface area (Å²) in [5, 5.41) is 0. The molecule has 0 spiro atoms. The van der Waals surface area contributed by atoms with E-state index in [0.717, 1.165) is 37.8 Å². The molecular weight excluding hydrogens is 264 g/mol. The molecule has 1 aromatic carbocycles. The van der Waals surface area contributed by atoms with E-state index in [1.807, 2.05) is 30.3 Å². The lowest BCUT2D eigenvalue weighted by molar-refractivity contribution is -0.368. The number of carbonyl (C=O) groups excluding carboxylic acids is 1. The van der Waals surface area contributed by atoms with Crippen LogP contribution in [0.2, 0.25) is 0 Å². The summed E-state index contributed by atoms with van der Waals surface area (Å²) in [7, 11) is 0. The molecule has 1 aromatic rings. The van der Waals surface area contributed by atoms with Gasteiger partial charge in [-0.15, -0.1) is 0 Å². The molecule has 0 heterocycles. The second-order valence-electron chi connectivity index (χ2n) is 4.32. The molecule has 0 radical (unpaired) electrons. The van der Waals surface area contributed by atoms with Crippen LogP contribution in [0.15, 0.2) is 30.3 Å². The molecule has 0 aliphatic heterocycles. The molecule has 0 fully saturated rings. The van der Waals surface area contributed by atoms with Crippen molar-refractivity contribution in [3.63, 3.8) is 0 Å². The van der Waals surface area contributed by atoms with Gasteiger partial charge in [-0.1, -0.05) is 36.8 Å². The summed E-state index contributed by atoms with van der Waals surface area (Å²) in [6.07, 6.45) is 4.84. The fourth-order valence-corrected chi connectivity index (χ4v) is 1.64. The van der Waals surface area contributed by atoms with E-state index in [4.69, 9.17) is 4.84 Å². The number of hydrogen-bond acceptors (Lipinski definition) is 2. The zero-order valence-corrected chi connectivity index (χ0v) is 12.0. The van der Waals surface area contributed by atoms with Crippen LogP contribution < -0.4 is 23.6 Å². The third-order valence-corrected chi connectivity index (χ3v) is 2.67. The van der Waals surface area contributed by atoms with Gasteiger partial charge in [-0.25, -0.2) is 5.48 Å². The fraction of sp³-hybridized carbons (Fsp3) is 0.500. The van der Waals surface area contributed by atoms with E-state index in [2.05, 4.69) is 11.2 Å². The molecule has 0 aliphatic carbocycles. The minimum absolute atomic E-state index is 0. The molecule has 4 N–H and O–H groups in total. The largest absolute Gasteiger partial charge is 1.00 e. The van der Waals surface area contributed by atoms with Gasteiger partial charge >= 0.3 is 0 Å². The van der Waals surface area contributed by atoms with Crippen molar-refractivity contribution in [3.8, 4) is 0 Å². The van der Waals surface area contributed by atoms with Gasteiger partial charge in [0, 0.05) is 6.42 Å². The summed E-state index contributed by atoms with van der Waals surface area (Å²) in [6, 6.07) is 9.77. The first-order valence-electron chi connectivity index (χ1n) is 6.56. The summed E-state index contributed by atoms with van der Waals surface area (Å²) >= 11 is 0. The van der Waals surface area contributed by atoms with Crippen molar-refractivity contribution >= 4 is 5.91 Å². The van der Waals surface area contributed by atoms with Gasteiger partial charge in [0.15, 0.2) is 0 Å². The molecule has 0 unspecified atom stereocenters. The predicted octanol–water partition coefficient (Wildman–Crippen LogP) is -1.57. The minimum Gasteiger partial charge on any atom is -1.00 e. The number of amides is 1. The number of quaternary nitrogens is 1. The van der Waals surface area contributed by atoms with E-state index in [9.17, 15) is 4.79 Å². The van der Waals surface area contributed by atoms with Crippen molar-refractivity contribution in [2.45, 2.75) is 38.7 Å². The number of hydrogen-bond donors (Lipinski definition) is 2. The van der Waals surface area contributed by atoms with Gasteiger partial charge in [-0.2, -0.15) is 0 Å². The van der Waals surface area contributed by atoms with Crippen molar-refractivity contribution in [1.82, 2.24) is 5.48 Å². The number of hydroxylamine groups is 1. The summed E-state index contributed by atoms with van der Waals surface area (Å²) in [6.45, 7) is 1.39. The quantitative estimate of drug-likeness (QED) is 0.426. The second kappa shape index (κ2) is 12.0. The highest BCUT2D eigenvalue weighted by molar-refractivity contribution is 5.74. The third-order valence-electron chi connectivity index (χ3n) is 2.67. The van der Waals surface area contributed by atoms with E-state index in [1.165, 1.54) is 0 Å². The SMILES string of the molecule is [Cl-].[NH3+]CCCCCCC(=O)NOCc1ccccc1. The van der Waals surface area contributed by atoms with E-state index in [0.29, 0.717) is 13.0 Å². The number of nitrogens with one attached hydrogen (secondary N) is 1. The molecule has 0 saturated heterocycles. The Balaban J connectivity index is 0.00000324. The van der Waals surface area contributed by atoms with Crippen molar-refractivity contribution < 1.29 is 27.8 Å². The first-order valence-corrected chi connectivity index (χ1v) is 6.56. The fourth-order valence-electron chi connectivity index (χ4n) is 1.64. The van der Waals surface area contributed by atoms with Crippen LogP contribution in [0.4, 0.5) is 0 Å². The lowest BCUT2D eigenvalue weighted by Crippen LogP contribution is -3.00. The highest BCUT2D eigenvalue weighted by Crippen LogP contribution is 2.02. The van der Waals surface area contributed by atoms with Gasteiger partial charge in [0.1, 0.15) is 0 Å². The van der Waals surface area contributed by atoms with Crippen LogP contribution in [0.25, 0.3) is 0 Å². The monoisotopic (exact) mass is 286 g/mol. The minimum atomic E-state index is -0.0412. The van der Waals surface area contributed by atoms with Crippen LogP contribution in [0, 0.1) is 0 Å². The molecule has 0 aromatic heterocycles. The second-order valence-corrected chi connectivity index (χ2v) is 4.32. The Morgan fingerprint density at radius 1 is 1.11 bits per heavy atom. The number of rotatable bonds is 9. The molecule has 19 heavy (non-hydrogen) atoms. The molecule has 1 rings (SSSR count). The van der Waals surface area contributed by atoms with Gasteiger partial charge in [0.2, 0.25) is 5.91 Å². The molecule has 0 bridgehead atoms. The summed E-state index contributed by atoms with van der Waals surface area (Å²) < 4.78 is 0. The highest BCUT2D eigenvalue weighted by atomic mass is 35.5. The maximum Gasteiger partial charge on any atom is 0.243 e. The highest BCUT2D eigenvalue weighted by Gasteiger charge is 2.01. The van der Waals surface area contributed by atoms with E-state index in [1.54, 1.807) is 0 Å². The van der Waals surface area contributed by atoms with E-state index in [-0.39, 0.29) is 18.3 Å². The van der Waals surface area contributed by atoms with Gasteiger partial charge in [0.25, 0.3) is 0 Å². The zero-order valence-electron chi connectivity index (χ0n) is 11.2. The molecule has 4 nitrogen and oxygen atoms in total.